The summed E-state index contributed by atoms with van der Waals surface area (Å²) in [5.41, 5.74) is 1.84. The van der Waals surface area contributed by atoms with Crippen LogP contribution < -0.4 is 11.2 Å². The second kappa shape index (κ2) is 9.63. The van der Waals surface area contributed by atoms with Crippen molar-refractivity contribution < 1.29 is 9.53 Å². The lowest BCUT2D eigenvalue weighted by Gasteiger charge is -2.33. The molecule has 38 heavy (non-hydrogen) atoms. The minimum Gasteiger partial charge on any atom is -0.375 e. The molecule has 5 aromatic rings. The Kier molecular flexibility index (Phi) is 6.00. The van der Waals surface area contributed by atoms with Crippen molar-refractivity contribution in [3.63, 3.8) is 0 Å². The van der Waals surface area contributed by atoms with Gasteiger partial charge in [-0.2, -0.15) is 5.10 Å². The summed E-state index contributed by atoms with van der Waals surface area (Å²) < 4.78 is 8.24. The van der Waals surface area contributed by atoms with Gasteiger partial charge in [0.25, 0.3) is 5.56 Å². The lowest BCUT2D eigenvalue weighted by atomic mass is 10.0. The number of rotatable bonds is 5. The Morgan fingerprint density at radius 1 is 1.11 bits per heavy atom. The highest BCUT2D eigenvalue weighted by Crippen LogP contribution is 2.29. The first kappa shape index (κ1) is 23.7. The summed E-state index contributed by atoms with van der Waals surface area (Å²) in [4.78, 5) is 56.1. The zero-order valence-electron chi connectivity index (χ0n) is 20.6. The third-order valence-electron chi connectivity index (χ3n) is 6.84. The number of carbonyl (C=O) groups excluding carboxylic acids is 1. The number of H-pyrrole nitrogens is 1. The van der Waals surface area contributed by atoms with Crippen LogP contribution in [0.1, 0.15) is 18.9 Å². The van der Waals surface area contributed by atoms with Crippen molar-refractivity contribution in [2.24, 2.45) is 0 Å². The summed E-state index contributed by atoms with van der Waals surface area (Å²) in [5, 5.41) is 4.48. The number of amides is 1. The van der Waals surface area contributed by atoms with Crippen LogP contribution in [-0.4, -0.2) is 71.9 Å². The van der Waals surface area contributed by atoms with E-state index in [0.717, 1.165) is 5.56 Å². The van der Waals surface area contributed by atoms with Gasteiger partial charge in [-0.15, -0.1) is 0 Å². The average Bonchev–Trinajstić information content (AvgIpc) is 3.48. The van der Waals surface area contributed by atoms with Crippen LogP contribution >= 0.6 is 0 Å². The van der Waals surface area contributed by atoms with Gasteiger partial charge in [-0.25, -0.2) is 19.4 Å². The highest BCUT2D eigenvalue weighted by Gasteiger charge is 2.27. The molecule has 6 rings (SSSR count). The Morgan fingerprint density at radius 3 is 2.66 bits per heavy atom. The third kappa shape index (κ3) is 4.14. The van der Waals surface area contributed by atoms with Crippen molar-refractivity contribution in [1.82, 2.24) is 39.2 Å². The van der Waals surface area contributed by atoms with Gasteiger partial charge in [-0.1, -0.05) is 0 Å². The second-order valence-corrected chi connectivity index (χ2v) is 9.11. The number of pyridine rings is 3. The van der Waals surface area contributed by atoms with Gasteiger partial charge in [0.05, 0.1) is 22.1 Å². The number of piperidine rings is 1. The van der Waals surface area contributed by atoms with Gasteiger partial charge < -0.3 is 9.64 Å². The Bertz CT molecular complexity index is 1750. The molecule has 1 N–H and O–H groups in total. The number of ether oxygens (including phenoxy) is 1. The number of fused-ring (bicyclic) bond motifs is 3. The third-order valence-corrected chi connectivity index (χ3v) is 6.84. The van der Waals surface area contributed by atoms with Crippen LogP contribution in [0.25, 0.3) is 39.0 Å². The maximum atomic E-state index is 13.2. The standard InChI is InChI=1S/C26H24N8O4/c1-38-15-22(35)32-11-7-17(8-12-32)34-24-18(25(36)31-26(34)37)14-27-20-5-4-19(30-23(20)24)16-3-6-21(28-13-16)33-10-2-9-29-33/h2-6,9-10,13-14,17H,7-8,11-12,15H2,1H3,(H,31,36,37). The molecule has 12 heteroatoms. The Labute approximate surface area is 215 Å². The van der Waals surface area contributed by atoms with Gasteiger partial charge in [0.15, 0.2) is 5.82 Å². The zero-order valence-corrected chi connectivity index (χ0v) is 20.6. The molecule has 12 nitrogen and oxygen atoms in total. The number of aromatic nitrogens is 7. The molecule has 0 bridgehead atoms. The van der Waals surface area contributed by atoms with E-state index < -0.39 is 11.2 Å². The molecule has 0 saturated carbocycles. The quantitative estimate of drug-likeness (QED) is 0.351. The van der Waals surface area contributed by atoms with Crippen molar-refractivity contribution in [2.45, 2.75) is 18.9 Å². The Balaban J connectivity index is 1.44. The highest BCUT2D eigenvalue weighted by atomic mass is 16.5. The van der Waals surface area contributed by atoms with E-state index in [4.69, 9.17) is 9.72 Å². The largest absolute Gasteiger partial charge is 0.375 e. The number of aromatic amines is 1. The minimum absolute atomic E-state index is 0.0208. The molecular weight excluding hydrogens is 488 g/mol. The van der Waals surface area contributed by atoms with E-state index in [-0.39, 0.29) is 23.9 Å². The molecule has 6 heterocycles. The van der Waals surface area contributed by atoms with Crippen LogP contribution in [0.2, 0.25) is 0 Å². The van der Waals surface area contributed by atoms with Crippen molar-refractivity contribution in [3.05, 3.63) is 76.0 Å². The molecule has 0 aromatic carbocycles. The lowest BCUT2D eigenvalue weighted by molar-refractivity contribution is -0.136. The number of likely N-dealkylation sites (tertiary alicyclic amines) is 1. The van der Waals surface area contributed by atoms with Crippen molar-refractivity contribution >= 4 is 27.8 Å². The van der Waals surface area contributed by atoms with E-state index in [9.17, 15) is 14.4 Å². The van der Waals surface area contributed by atoms with E-state index in [1.807, 2.05) is 36.5 Å². The molecule has 0 spiro atoms. The van der Waals surface area contributed by atoms with Crippen LogP contribution in [-0.2, 0) is 9.53 Å². The van der Waals surface area contributed by atoms with Gasteiger partial charge in [-0.3, -0.25) is 24.1 Å². The molecule has 1 fully saturated rings. The Hall–Kier alpha value is -4.71. The summed E-state index contributed by atoms with van der Waals surface area (Å²) in [6, 6.07) is 8.99. The van der Waals surface area contributed by atoms with Crippen molar-refractivity contribution in [3.8, 4) is 17.1 Å². The molecule has 0 radical (unpaired) electrons. The smallest absolute Gasteiger partial charge is 0.329 e. The predicted molar refractivity (Wildman–Crippen MR) is 139 cm³/mol. The average molecular weight is 513 g/mol. The first-order valence-electron chi connectivity index (χ1n) is 12.2. The molecule has 0 aliphatic carbocycles. The summed E-state index contributed by atoms with van der Waals surface area (Å²) in [6.45, 7) is 0.985. The minimum atomic E-state index is -0.513. The summed E-state index contributed by atoms with van der Waals surface area (Å²) in [6.07, 6.45) is 7.78. The van der Waals surface area contributed by atoms with Crippen LogP contribution in [0.4, 0.5) is 0 Å². The normalized spacial score (nSPS) is 14.4. The summed E-state index contributed by atoms with van der Waals surface area (Å²) >= 11 is 0. The van der Waals surface area contributed by atoms with Crippen LogP contribution in [0.3, 0.4) is 0 Å². The van der Waals surface area contributed by atoms with Crippen molar-refractivity contribution in [2.75, 3.05) is 26.8 Å². The Morgan fingerprint density at radius 2 is 1.95 bits per heavy atom. The van der Waals surface area contributed by atoms with Gasteiger partial charge in [0.1, 0.15) is 12.1 Å². The number of nitrogens with one attached hydrogen (secondary N) is 1. The fraction of sp³-hybridized carbons (Fsp3) is 0.269. The number of hydrogen-bond donors (Lipinski definition) is 1. The van der Waals surface area contributed by atoms with E-state index in [1.54, 1.807) is 26.5 Å². The monoisotopic (exact) mass is 512 g/mol. The zero-order chi connectivity index (χ0) is 26.2. The molecule has 1 aliphatic rings. The van der Waals surface area contributed by atoms with Gasteiger partial charge in [0, 0.05) is 56.6 Å². The van der Waals surface area contributed by atoms with E-state index in [0.29, 0.717) is 54.0 Å². The van der Waals surface area contributed by atoms with Gasteiger partial charge >= 0.3 is 5.69 Å². The lowest BCUT2D eigenvalue weighted by Crippen LogP contribution is -2.43. The molecule has 0 unspecified atom stereocenters. The summed E-state index contributed by atoms with van der Waals surface area (Å²) in [7, 11) is 1.49. The number of hydrogen-bond acceptors (Lipinski definition) is 8. The molecule has 192 valence electrons. The van der Waals surface area contributed by atoms with Crippen LogP contribution in [0.15, 0.2) is 64.7 Å². The van der Waals surface area contributed by atoms with Crippen LogP contribution in [0.5, 0.6) is 0 Å². The number of methoxy groups -OCH3 is 1. The number of nitrogens with zero attached hydrogens (tertiary/aromatic N) is 7. The van der Waals surface area contributed by atoms with E-state index in [2.05, 4.69) is 20.1 Å². The van der Waals surface area contributed by atoms with Crippen LogP contribution in [0, 0.1) is 0 Å². The second-order valence-electron chi connectivity index (χ2n) is 9.11. The van der Waals surface area contributed by atoms with Gasteiger partial charge in [-0.05, 0) is 43.2 Å². The summed E-state index contributed by atoms with van der Waals surface area (Å²) in [5.74, 6) is 0.583. The maximum Gasteiger partial charge on any atom is 0.329 e. The SMILES string of the molecule is COCC(=O)N1CCC(n2c(=O)[nH]c(=O)c3cnc4ccc(-c5ccc(-n6cccn6)nc5)nc4c32)CC1. The predicted octanol–water partition coefficient (Wildman–Crippen LogP) is 1.69. The maximum absolute atomic E-state index is 13.2. The first-order chi connectivity index (χ1) is 18.5. The topological polar surface area (TPSA) is 141 Å². The molecule has 5 aromatic heterocycles. The number of carbonyl (C=O) groups is 1. The molecule has 0 atom stereocenters. The van der Waals surface area contributed by atoms with E-state index in [1.165, 1.54) is 13.3 Å². The highest BCUT2D eigenvalue weighted by molar-refractivity contribution is 6.01. The molecule has 1 aliphatic heterocycles. The first-order valence-corrected chi connectivity index (χ1v) is 12.2. The fourth-order valence-electron chi connectivity index (χ4n) is 4.96. The molecular formula is C26H24N8O4. The van der Waals surface area contributed by atoms with E-state index >= 15 is 0 Å². The van der Waals surface area contributed by atoms with Gasteiger partial charge in [0.2, 0.25) is 5.91 Å². The molecule has 1 amide bonds. The van der Waals surface area contributed by atoms with Crippen molar-refractivity contribution in [1.29, 1.82) is 0 Å². The molecule has 1 saturated heterocycles. The fourth-order valence-corrected chi connectivity index (χ4v) is 4.96.